The molecule has 9 heterocycles. The molecule has 308 valence electrons. The van der Waals surface area contributed by atoms with Crippen molar-refractivity contribution >= 4 is 28.0 Å². The molecule has 17 heteroatoms. The average Bonchev–Trinajstić information content (AvgIpc) is 3.27. The van der Waals surface area contributed by atoms with Crippen molar-refractivity contribution in [1.29, 1.82) is 0 Å². The van der Waals surface area contributed by atoms with Gasteiger partial charge >= 0.3 is 0 Å². The normalized spacial score (nSPS) is 19.0. The molecule has 11 rings (SSSR count). The summed E-state index contributed by atoms with van der Waals surface area (Å²) < 4.78 is 66.3. The minimum absolute atomic E-state index is 0.0309. The van der Waals surface area contributed by atoms with Crippen molar-refractivity contribution in [2.75, 3.05) is 13.2 Å². The fraction of sp³-hybridized carbons (Fsp3) is 0.133. The summed E-state index contributed by atoms with van der Waals surface area (Å²) >= 11 is 3.47. The Labute approximate surface area is 359 Å². The molecule has 0 saturated heterocycles. The molecular formula is C45H31BrF3N9O4. The Balaban J connectivity index is 0.000000151. The third-order valence-electron chi connectivity index (χ3n) is 11.1. The van der Waals surface area contributed by atoms with Crippen LogP contribution in [-0.2, 0) is 20.6 Å². The van der Waals surface area contributed by atoms with Gasteiger partial charge in [-0.25, -0.2) is 34.9 Å². The number of pyridine rings is 5. The Bertz CT molecular complexity index is 3010. The van der Waals surface area contributed by atoms with Crippen molar-refractivity contribution in [1.82, 2.24) is 24.9 Å². The highest BCUT2D eigenvalue weighted by Crippen LogP contribution is 2.54. The monoisotopic (exact) mass is 897 g/mol. The lowest BCUT2D eigenvalue weighted by Crippen LogP contribution is -2.38. The number of halogens is 4. The van der Waals surface area contributed by atoms with Crippen LogP contribution in [0, 0.1) is 17.8 Å². The molecule has 2 atom stereocenters. The number of fused-ring (bicyclic) bond motifs is 8. The topological polar surface area (TPSA) is 178 Å². The number of nitrogens with two attached hydrogens (primary N) is 2. The van der Waals surface area contributed by atoms with Gasteiger partial charge in [-0.1, -0.05) is 12.1 Å². The molecule has 0 fully saturated rings. The molecule has 62 heavy (non-hydrogen) atoms. The highest BCUT2D eigenvalue weighted by molar-refractivity contribution is 9.10. The van der Waals surface area contributed by atoms with Gasteiger partial charge in [-0.15, -0.1) is 0 Å². The van der Waals surface area contributed by atoms with Gasteiger partial charge < -0.3 is 30.4 Å². The summed E-state index contributed by atoms with van der Waals surface area (Å²) in [5.74, 6) is 0.269. The second-order valence-corrected chi connectivity index (χ2v) is 15.5. The predicted molar refractivity (Wildman–Crippen MR) is 225 cm³/mol. The number of nitrogens with zero attached hydrogens (tertiary/aromatic N) is 7. The van der Waals surface area contributed by atoms with Crippen molar-refractivity contribution in [2.24, 2.45) is 21.5 Å². The van der Waals surface area contributed by atoms with Crippen LogP contribution in [-0.4, -0.2) is 50.2 Å². The molecule has 0 amide bonds. The van der Waals surface area contributed by atoms with Crippen molar-refractivity contribution < 1.29 is 32.1 Å². The number of rotatable bonds is 3. The van der Waals surface area contributed by atoms with Crippen molar-refractivity contribution in [3.05, 3.63) is 160 Å². The van der Waals surface area contributed by atoms with Crippen LogP contribution in [0.4, 0.5) is 13.2 Å². The first-order valence-corrected chi connectivity index (χ1v) is 20.0. The van der Waals surface area contributed by atoms with Crippen LogP contribution in [0.2, 0.25) is 0 Å². The zero-order valence-electron chi connectivity index (χ0n) is 32.2. The summed E-state index contributed by atoms with van der Waals surface area (Å²) in [5.41, 5.74) is 16.5. The molecule has 0 saturated carbocycles. The SMILES string of the molecule is NC1=N[C@@]2(CCO1)c1cc(-c3cccnc3F)ccc1Oc1ncc(-c3ccnc(F)c3)cc12.NC1=N[C@@]2(CCO1)c1cc(-c3cccnc3F)ccc1Oc1ncc(Br)cc12. The third kappa shape index (κ3) is 6.70. The van der Waals surface area contributed by atoms with Crippen LogP contribution in [0.5, 0.6) is 23.3 Å². The van der Waals surface area contributed by atoms with Gasteiger partial charge in [0.05, 0.1) is 13.2 Å². The molecule has 0 aliphatic carbocycles. The van der Waals surface area contributed by atoms with Crippen LogP contribution < -0.4 is 20.9 Å². The lowest BCUT2D eigenvalue weighted by atomic mass is 9.77. The molecule has 7 aromatic rings. The standard InChI is InChI=1S/C25H17F2N5O2.C20H14BrFN4O2/c26-21-12-14(5-8-29-21)16-11-19-23(31-13-16)34-20-4-3-15(17-2-1-7-30-22(17)27)10-18(20)25(19)6-9-33-24(28)32-25;21-12-9-15-18(25-10-12)28-16-4-3-11(13-2-1-6-24-17(13)22)8-14(16)20(15)5-7-27-19(23)26-20/h1-5,7-8,10-13H,6,9H2,(H2,28,32);1-4,6,8-10H,5,7H2,(H2,23,26)/t25-;20-/m00/s1. The molecule has 4 aliphatic heterocycles. The zero-order chi connectivity index (χ0) is 42.6. The lowest BCUT2D eigenvalue weighted by molar-refractivity contribution is 0.217. The summed E-state index contributed by atoms with van der Waals surface area (Å²) in [6.45, 7) is 0.708. The van der Waals surface area contributed by atoms with E-state index in [-0.39, 0.29) is 12.0 Å². The van der Waals surface area contributed by atoms with E-state index in [0.29, 0.717) is 93.8 Å². The second kappa shape index (κ2) is 15.3. The molecule has 13 nitrogen and oxygen atoms in total. The number of amidine groups is 2. The van der Waals surface area contributed by atoms with Crippen LogP contribution in [0.25, 0.3) is 33.4 Å². The highest BCUT2D eigenvalue weighted by atomic mass is 79.9. The summed E-state index contributed by atoms with van der Waals surface area (Å²) in [6, 6.07) is 24.5. The zero-order valence-corrected chi connectivity index (χ0v) is 33.8. The Kier molecular flexibility index (Phi) is 9.54. The molecule has 4 aliphatic rings. The molecule has 4 N–H and O–H groups in total. The van der Waals surface area contributed by atoms with Crippen LogP contribution in [0.3, 0.4) is 0 Å². The quantitative estimate of drug-likeness (QED) is 0.162. The Morgan fingerprint density at radius 3 is 1.60 bits per heavy atom. The van der Waals surface area contributed by atoms with Gasteiger partial charge in [-0.05, 0) is 99.4 Å². The Morgan fingerprint density at radius 2 is 1.06 bits per heavy atom. The number of hydrogen-bond donors (Lipinski definition) is 2. The Morgan fingerprint density at radius 1 is 0.532 bits per heavy atom. The fourth-order valence-corrected chi connectivity index (χ4v) is 8.56. The number of aliphatic imine (C=N–C) groups is 2. The van der Waals surface area contributed by atoms with E-state index in [1.807, 2.05) is 24.3 Å². The third-order valence-corrected chi connectivity index (χ3v) is 11.5. The number of benzene rings is 2. The first-order chi connectivity index (χ1) is 30.1. The maximum Gasteiger partial charge on any atom is 0.283 e. The summed E-state index contributed by atoms with van der Waals surface area (Å²) in [7, 11) is 0. The van der Waals surface area contributed by atoms with Crippen molar-refractivity contribution in [3.8, 4) is 56.6 Å². The summed E-state index contributed by atoms with van der Waals surface area (Å²) in [4.78, 5) is 29.4. The Hall–Kier alpha value is -7.40. The van der Waals surface area contributed by atoms with Gasteiger partial charge in [0.15, 0.2) is 0 Å². The first kappa shape index (κ1) is 38.8. The molecule has 0 unspecified atom stereocenters. The van der Waals surface area contributed by atoms with Crippen molar-refractivity contribution in [3.63, 3.8) is 0 Å². The van der Waals surface area contributed by atoms with Crippen molar-refractivity contribution in [2.45, 2.75) is 23.9 Å². The molecule has 2 spiro atoms. The number of hydrogen-bond acceptors (Lipinski definition) is 13. The smallest absolute Gasteiger partial charge is 0.283 e. The minimum Gasteiger partial charge on any atom is -0.465 e. The van der Waals surface area contributed by atoms with Gasteiger partial charge in [0.1, 0.15) is 22.6 Å². The molecular weight excluding hydrogens is 867 g/mol. The maximum absolute atomic E-state index is 14.5. The van der Waals surface area contributed by atoms with E-state index < -0.39 is 28.9 Å². The van der Waals surface area contributed by atoms with Gasteiger partial charge in [-0.2, -0.15) is 13.2 Å². The van der Waals surface area contributed by atoms with E-state index in [1.165, 1.54) is 24.7 Å². The highest BCUT2D eigenvalue weighted by Gasteiger charge is 2.47. The van der Waals surface area contributed by atoms with Gasteiger partial charge in [0.25, 0.3) is 12.0 Å². The minimum atomic E-state index is -0.978. The first-order valence-electron chi connectivity index (χ1n) is 19.2. The number of ether oxygens (including phenoxy) is 4. The van der Waals surface area contributed by atoms with E-state index in [0.717, 1.165) is 15.6 Å². The number of aromatic nitrogens is 5. The van der Waals surface area contributed by atoms with E-state index in [2.05, 4.69) is 45.8 Å². The average molecular weight is 899 g/mol. The molecule has 0 bridgehead atoms. The van der Waals surface area contributed by atoms with Crippen LogP contribution >= 0.6 is 15.9 Å². The molecule has 2 aromatic carbocycles. The lowest BCUT2D eigenvalue weighted by Gasteiger charge is -2.39. The van der Waals surface area contributed by atoms with Crippen LogP contribution in [0.15, 0.2) is 130 Å². The fourth-order valence-electron chi connectivity index (χ4n) is 8.23. The summed E-state index contributed by atoms with van der Waals surface area (Å²) in [6.07, 6.45) is 8.49. The van der Waals surface area contributed by atoms with E-state index in [1.54, 1.807) is 67.0 Å². The molecule has 5 aromatic heterocycles. The van der Waals surface area contributed by atoms with E-state index in [4.69, 9.17) is 35.4 Å². The van der Waals surface area contributed by atoms with Gasteiger partial charge in [0.2, 0.25) is 29.6 Å². The van der Waals surface area contributed by atoms with Gasteiger partial charge in [-0.3, -0.25) is 0 Å². The molecule has 0 radical (unpaired) electrons. The van der Waals surface area contributed by atoms with Gasteiger partial charge in [0, 0.05) is 93.3 Å². The van der Waals surface area contributed by atoms with E-state index in [9.17, 15) is 13.2 Å². The largest absolute Gasteiger partial charge is 0.465 e. The summed E-state index contributed by atoms with van der Waals surface area (Å²) in [5, 5.41) is 0. The second-order valence-electron chi connectivity index (χ2n) is 14.6. The maximum atomic E-state index is 14.5. The van der Waals surface area contributed by atoms with Crippen LogP contribution in [0.1, 0.15) is 35.1 Å². The predicted octanol–water partition coefficient (Wildman–Crippen LogP) is 8.70. The van der Waals surface area contributed by atoms with E-state index >= 15 is 0 Å².